The molecule has 2 aliphatic heterocycles. The van der Waals surface area contributed by atoms with Crippen LogP contribution >= 0.6 is 23.2 Å². The van der Waals surface area contributed by atoms with Crippen LogP contribution in [0.1, 0.15) is 24.8 Å². The van der Waals surface area contributed by atoms with Gasteiger partial charge in [0.2, 0.25) is 0 Å². The summed E-state index contributed by atoms with van der Waals surface area (Å²) >= 11 is 11.8. The average Bonchev–Trinajstić information content (AvgIpc) is 2.93. The molecule has 0 aromatic heterocycles. The third kappa shape index (κ3) is 2.32. The molecule has 1 aromatic rings. The normalized spacial score (nSPS) is 30.0. The summed E-state index contributed by atoms with van der Waals surface area (Å²) in [7, 11) is 0. The zero-order valence-electron chi connectivity index (χ0n) is 9.83. The standard InChI is InChI=1S/C13H15Cl2NO2/c14-8-3-7(13(17)10(15)4-8)6-16-11-5-9-1-2-12(11)18-9/h3-4,9,11-12,16-17H,1-2,5-6H2. The van der Waals surface area contributed by atoms with Gasteiger partial charge in [-0.2, -0.15) is 0 Å². The van der Waals surface area contributed by atoms with Gasteiger partial charge < -0.3 is 15.2 Å². The molecule has 2 bridgehead atoms. The number of hydrogen-bond donors (Lipinski definition) is 2. The molecule has 3 rings (SSSR count). The van der Waals surface area contributed by atoms with Crippen molar-refractivity contribution < 1.29 is 9.84 Å². The molecule has 0 saturated carbocycles. The topological polar surface area (TPSA) is 41.5 Å². The van der Waals surface area contributed by atoms with Crippen molar-refractivity contribution in [2.24, 2.45) is 0 Å². The number of hydrogen-bond acceptors (Lipinski definition) is 3. The van der Waals surface area contributed by atoms with Gasteiger partial charge in [-0.1, -0.05) is 23.2 Å². The zero-order chi connectivity index (χ0) is 12.7. The van der Waals surface area contributed by atoms with Gasteiger partial charge in [0.25, 0.3) is 0 Å². The van der Waals surface area contributed by atoms with E-state index in [1.54, 1.807) is 12.1 Å². The molecule has 2 aliphatic rings. The van der Waals surface area contributed by atoms with Gasteiger partial charge in [-0.05, 0) is 31.4 Å². The Hall–Kier alpha value is -0.480. The van der Waals surface area contributed by atoms with Crippen molar-refractivity contribution in [1.29, 1.82) is 0 Å². The van der Waals surface area contributed by atoms with E-state index in [4.69, 9.17) is 27.9 Å². The largest absolute Gasteiger partial charge is 0.506 e. The van der Waals surface area contributed by atoms with Crippen molar-refractivity contribution in [2.45, 2.75) is 44.1 Å². The van der Waals surface area contributed by atoms with Crippen LogP contribution in [0.3, 0.4) is 0 Å². The molecular weight excluding hydrogens is 273 g/mol. The van der Waals surface area contributed by atoms with Crippen LogP contribution in [0.25, 0.3) is 0 Å². The molecule has 2 N–H and O–H groups in total. The maximum atomic E-state index is 9.87. The van der Waals surface area contributed by atoms with Crippen LogP contribution in [-0.2, 0) is 11.3 Å². The summed E-state index contributed by atoms with van der Waals surface area (Å²) in [6.45, 7) is 0.559. The highest BCUT2D eigenvalue weighted by atomic mass is 35.5. The van der Waals surface area contributed by atoms with Crippen LogP contribution in [0.4, 0.5) is 0 Å². The number of rotatable bonds is 3. The van der Waals surface area contributed by atoms with Crippen LogP contribution in [0.5, 0.6) is 5.75 Å². The first kappa shape index (κ1) is 12.5. The van der Waals surface area contributed by atoms with Gasteiger partial charge in [0.05, 0.1) is 17.2 Å². The van der Waals surface area contributed by atoms with Gasteiger partial charge in [-0.25, -0.2) is 0 Å². The Kier molecular flexibility index (Phi) is 3.41. The van der Waals surface area contributed by atoms with Crippen molar-refractivity contribution >= 4 is 23.2 Å². The van der Waals surface area contributed by atoms with E-state index >= 15 is 0 Å². The molecule has 5 heteroatoms. The molecule has 0 spiro atoms. The smallest absolute Gasteiger partial charge is 0.138 e. The van der Waals surface area contributed by atoms with Crippen molar-refractivity contribution in [2.75, 3.05) is 0 Å². The lowest BCUT2D eigenvalue weighted by Crippen LogP contribution is -2.37. The third-order valence-electron chi connectivity index (χ3n) is 3.77. The molecule has 0 amide bonds. The van der Waals surface area contributed by atoms with E-state index in [2.05, 4.69) is 5.32 Å². The van der Waals surface area contributed by atoms with Crippen LogP contribution in [-0.4, -0.2) is 23.4 Å². The second kappa shape index (κ2) is 4.89. The summed E-state index contributed by atoms with van der Waals surface area (Å²) < 4.78 is 5.77. The molecular formula is C13H15Cl2NO2. The molecule has 18 heavy (non-hydrogen) atoms. The van der Waals surface area contributed by atoms with Crippen molar-refractivity contribution in [1.82, 2.24) is 5.32 Å². The lowest BCUT2D eigenvalue weighted by molar-refractivity contribution is 0.0972. The first-order chi connectivity index (χ1) is 8.63. The average molecular weight is 288 g/mol. The number of ether oxygens (including phenoxy) is 1. The van der Waals surface area contributed by atoms with E-state index in [9.17, 15) is 5.11 Å². The predicted molar refractivity (Wildman–Crippen MR) is 71.3 cm³/mol. The van der Waals surface area contributed by atoms with Gasteiger partial charge in [-0.15, -0.1) is 0 Å². The second-order valence-corrected chi connectivity index (χ2v) is 5.84. The van der Waals surface area contributed by atoms with Gasteiger partial charge in [0.1, 0.15) is 5.75 Å². The summed E-state index contributed by atoms with van der Waals surface area (Å²) in [5, 5.41) is 14.1. The Morgan fingerprint density at radius 2 is 2.17 bits per heavy atom. The van der Waals surface area contributed by atoms with Gasteiger partial charge in [0.15, 0.2) is 0 Å². The minimum Gasteiger partial charge on any atom is -0.506 e. The fraction of sp³-hybridized carbons (Fsp3) is 0.538. The maximum Gasteiger partial charge on any atom is 0.138 e. The summed E-state index contributed by atoms with van der Waals surface area (Å²) in [6.07, 6.45) is 4.11. The van der Waals surface area contributed by atoms with Crippen LogP contribution in [0.2, 0.25) is 10.0 Å². The summed E-state index contributed by atoms with van der Waals surface area (Å²) in [5.74, 6) is 0.109. The Morgan fingerprint density at radius 3 is 2.83 bits per heavy atom. The molecule has 3 unspecified atom stereocenters. The number of nitrogens with one attached hydrogen (secondary N) is 1. The van der Waals surface area contributed by atoms with Crippen molar-refractivity contribution in [3.05, 3.63) is 27.7 Å². The highest BCUT2D eigenvalue weighted by molar-refractivity contribution is 6.35. The second-order valence-electron chi connectivity index (χ2n) is 4.99. The minimum absolute atomic E-state index is 0.109. The Morgan fingerprint density at radius 1 is 1.33 bits per heavy atom. The summed E-state index contributed by atoms with van der Waals surface area (Å²) in [4.78, 5) is 0. The number of benzene rings is 1. The highest BCUT2D eigenvalue weighted by Crippen LogP contribution is 2.35. The Labute approximate surface area is 116 Å². The summed E-state index contributed by atoms with van der Waals surface area (Å²) in [5.41, 5.74) is 0.732. The number of halogens is 2. The maximum absolute atomic E-state index is 9.87. The summed E-state index contributed by atoms with van der Waals surface area (Å²) in [6, 6.07) is 3.66. The number of fused-ring (bicyclic) bond motifs is 2. The minimum atomic E-state index is 0.109. The van der Waals surface area contributed by atoms with E-state index in [-0.39, 0.29) is 5.75 Å². The lowest BCUT2D eigenvalue weighted by Gasteiger charge is -2.20. The molecule has 2 fully saturated rings. The SMILES string of the molecule is Oc1c(Cl)cc(Cl)cc1CNC1CC2CCC1O2. The molecule has 0 radical (unpaired) electrons. The lowest BCUT2D eigenvalue weighted by atomic mass is 9.95. The molecule has 0 aliphatic carbocycles. The first-order valence-electron chi connectivity index (χ1n) is 6.19. The molecule has 2 heterocycles. The van der Waals surface area contributed by atoms with E-state index in [1.165, 1.54) is 6.42 Å². The van der Waals surface area contributed by atoms with E-state index < -0.39 is 0 Å². The van der Waals surface area contributed by atoms with E-state index in [0.29, 0.717) is 34.8 Å². The fourth-order valence-electron chi connectivity index (χ4n) is 2.85. The fourth-order valence-corrected chi connectivity index (χ4v) is 3.38. The van der Waals surface area contributed by atoms with Crippen LogP contribution in [0.15, 0.2) is 12.1 Å². The van der Waals surface area contributed by atoms with Crippen LogP contribution in [0, 0.1) is 0 Å². The number of phenols is 1. The van der Waals surface area contributed by atoms with Crippen molar-refractivity contribution in [3.63, 3.8) is 0 Å². The van der Waals surface area contributed by atoms with E-state index in [1.807, 2.05) is 0 Å². The first-order valence-corrected chi connectivity index (χ1v) is 6.95. The molecule has 2 saturated heterocycles. The van der Waals surface area contributed by atoms with Crippen molar-refractivity contribution in [3.8, 4) is 5.75 Å². The molecule has 3 nitrogen and oxygen atoms in total. The number of aromatic hydroxyl groups is 1. The van der Waals surface area contributed by atoms with Crippen LogP contribution < -0.4 is 5.32 Å². The van der Waals surface area contributed by atoms with Gasteiger partial charge in [-0.3, -0.25) is 0 Å². The number of phenolic OH excluding ortho intramolecular Hbond substituents is 1. The highest BCUT2D eigenvalue weighted by Gasteiger charge is 2.40. The predicted octanol–water partition coefficient (Wildman–Crippen LogP) is 3.11. The van der Waals surface area contributed by atoms with Gasteiger partial charge >= 0.3 is 0 Å². The molecule has 1 aromatic carbocycles. The van der Waals surface area contributed by atoms with Gasteiger partial charge in [0, 0.05) is 23.2 Å². The Balaban J connectivity index is 1.66. The zero-order valence-corrected chi connectivity index (χ0v) is 11.3. The molecule has 98 valence electrons. The Bertz CT molecular complexity index is 467. The third-order valence-corrected chi connectivity index (χ3v) is 4.27. The quantitative estimate of drug-likeness (QED) is 0.898. The molecule has 3 atom stereocenters. The monoisotopic (exact) mass is 287 g/mol. The van der Waals surface area contributed by atoms with E-state index in [0.717, 1.165) is 18.4 Å².